The Morgan fingerprint density at radius 3 is 1.89 bits per heavy atom. The summed E-state index contributed by atoms with van der Waals surface area (Å²) in [5.41, 5.74) is 0.491. The maximum absolute atomic E-state index is 12.0. The van der Waals surface area contributed by atoms with Crippen LogP contribution < -0.4 is 15.5 Å². The summed E-state index contributed by atoms with van der Waals surface area (Å²) in [5, 5.41) is 5.14. The molecule has 2 N–H and O–H groups in total. The molecular formula is C14H17N3O2. The molecule has 0 unspecified atom stereocenters. The van der Waals surface area contributed by atoms with Gasteiger partial charge in [-0.3, -0.25) is 0 Å². The van der Waals surface area contributed by atoms with Gasteiger partial charge in [-0.15, -0.1) is 13.2 Å². The molecule has 1 rings (SSSR count). The van der Waals surface area contributed by atoms with Crippen molar-refractivity contribution in [1.82, 2.24) is 10.6 Å². The summed E-state index contributed by atoms with van der Waals surface area (Å²) in [7, 11) is 0. The van der Waals surface area contributed by atoms with Crippen LogP contribution in [0.1, 0.15) is 0 Å². The first-order valence-electron chi connectivity index (χ1n) is 5.83. The molecule has 1 aromatic carbocycles. The molecule has 0 aliphatic heterocycles. The topological polar surface area (TPSA) is 61.4 Å². The third-order valence-corrected chi connectivity index (χ3v) is 2.22. The third kappa shape index (κ3) is 4.31. The second-order valence-electron chi connectivity index (χ2n) is 3.62. The quantitative estimate of drug-likeness (QED) is 0.797. The van der Waals surface area contributed by atoms with Crippen molar-refractivity contribution in [3.63, 3.8) is 0 Å². The molecule has 5 nitrogen and oxygen atoms in total. The Labute approximate surface area is 112 Å². The third-order valence-electron chi connectivity index (χ3n) is 2.22. The molecule has 0 radical (unpaired) electrons. The van der Waals surface area contributed by atoms with E-state index < -0.39 is 12.1 Å². The Morgan fingerprint density at radius 1 is 1.00 bits per heavy atom. The number of nitrogens with one attached hydrogen (secondary N) is 2. The molecule has 0 fully saturated rings. The molecular weight excluding hydrogens is 242 g/mol. The van der Waals surface area contributed by atoms with Crippen LogP contribution in [0, 0.1) is 0 Å². The summed E-state index contributed by atoms with van der Waals surface area (Å²) < 4.78 is 0. The van der Waals surface area contributed by atoms with E-state index in [1.54, 1.807) is 36.4 Å². The highest BCUT2D eigenvalue weighted by atomic mass is 16.2. The molecule has 0 atom stereocenters. The van der Waals surface area contributed by atoms with Crippen LogP contribution in [-0.4, -0.2) is 25.2 Å². The molecule has 0 aromatic heterocycles. The molecule has 0 aliphatic rings. The lowest BCUT2D eigenvalue weighted by Gasteiger charge is -2.21. The van der Waals surface area contributed by atoms with Crippen LogP contribution in [0.25, 0.3) is 0 Å². The average molecular weight is 259 g/mol. The largest absolute Gasteiger partial charge is 0.334 e. The number of hydrogen-bond acceptors (Lipinski definition) is 2. The van der Waals surface area contributed by atoms with Crippen molar-refractivity contribution in [2.24, 2.45) is 0 Å². The number of imide groups is 1. The van der Waals surface area contributed by atoms with Crippen molar-refractivity contribution >= 4 is 17.7 Å². The minimum absolute atomic E-state index is 0.289. The van der Waals surface area contributed by atoms with E-state index in [0.717, 1.165) is 4.90 Å². The van der Waals surface area contributed by atoms with Crippen molar-refractivity contribution in [3.8, 4) is 0 Å². The smallest absolute Gasteiger partial charge is 0.330 e. The highest BCUT2D eigenvalue weighted by Gasteiger charge is 2.22. The maximum Gasteiger partial charge on any atom is 0.330 e. The molecule has 0 spiro atoms. The van der Waals surface area contributed by atoms with Crippen molar-refractivity contribution in [2.45, 2.75) is 0 Å². The number of nitrogens with zero attached hydrogens (tertiary/aromatic N) is 1. The molecule has 5 heteroatoms. The number of benzene rings is 1. The van der Waals surface area contributed by atoms with E-state index in [2.05, 4.69) is 23.8 Å². The molecule has 100 valence electrons. The van der Waals surface area contributed by atoms with E-state index in [4.69, 9.17) is 0 Å². The number of carbonyl (C=O) groups excluding carboxylic acids is 2. The van der Waals surface area contributed by atoms with Crippen molar-refractivity contribution < 1.29 is 9.59 Å². The van der Waals surface area contributed by atoms with Crippen LogP contribution in [-0.2, 0) is 0 Å². The lowest BCUT2D eigenvalue weighted by Crippen LogP contribution is -2.48. The Bertz CT molecular complexity index is 433. The van der Waals surface area contributed by atoms with Gasteiger partial charge in [-0.2, -0.15) is 0 Å². The van der Waals surface area contributed by atoms with Gasteiger partial charge in [0.25, 0.3) is 0 Å². The Kier molecular flexibility index (Phi) is 5.88. The lowest BCUT2D eigenvalue weighted by molar-refractivity contribution is 0.235. The fourth-order valence-electron chi connectivity index (χ4n) is 1.38. The van der Waals surface area contributed by atoms with Crippen molar-refractivity contribution in [1.29, 1.82) is 0 Å². The highest BCUT2D eigenvalue weighted by Crippen LogP contribution is 2.13. The van der Waals surface area contributed by atoms with Gasteiger partial charge in [0.1, 0.15) is 0 Å². The first kappa shape index (κ1) is 14.5. The number of urea groups is 2. The Morgan fingerprint density at radius 2 is 1.47 bits per heavy atom. The van der Waals surface area contributed by atoms with Crippen LogP contribution in [0.3, 0.4) is 0 Å². The second-order valence-corrected chi connectivity index (χ2v) is 3.62. The first-order chi connectivity index (χ1) is 9.20. The summed E-state index contributed by atoms with van der Waals surface area (Å²) >= 11 is 0. The van der Waals surface area contributed by atoms with Crippen LogP contribution in [0.4, 0.5) is 15.3 Å². The molecule has 0 saturated carbocycles. The number of anilines is 1. The van der Waals surface area contributed by atoms with E-state index in [0.29, 0.717) is 5.69 Å². The van der Waals surface area contributed by atoms with E-state index in [1.165, 1.54) is 0 Å². The zero-order chi connectivity index (χ0) is 14.1. The molecule has 0 aliphatic carbocycles. The van der Waals surface area contributed by atoms with E-state index in [9.17, 15) is 9.59 Å². The standard InChI is InChI=1S/C14H17N3O2/c1-3-10-15-13(18)17(14(19)16-11-4-2)12-8-6-5-7-9-12/h3-9H,1-2,10-11H2,(H,15,18)(H,16,19). The fraction of sp³-hybridized carbons (Fsp3) is 0.143. The van der Waals surface area contributed by atoms with Crippen molar-refractivity contribution in [3.05, 3.63) is 55.6 Å². The van der Waals surface area contributed by atoms with Crippen LogP contribution >= 0.6 is 0 Å². The van der Waals surface area contributed by atoms with Gasteiger partial charge >= 0.3 is 12.1 Å². The van der Waals surface area contributed by atoms with Crippen LogP contribution in [0.5, 0.6) is 0 Å². The normalized spacial score (nSPS) is 9.26. The van der Waals surface area contributed by atoms with E-state index in [1.807, 2.05) is 6.07 Å². The van der Waals surface area contributed by atoms with Gasteiger partial charge in [-0.05, 0) is 12.1 Å². The summed E-state index contributed by atoms with van der Waals surface area (Å²) in [6, 6.07) is 7.67. The van der Waals surface area contributed by atoms with Gasteiger partial charge in [-0.25, -0.2) is 14.5 Å². The van der Waals surface area contributed by atoms with Gasteiger partial charge in [-0.1, -0.05) is 30.4 Å². The predicted octanol–water partition coefficient (Wildman–Crippen LogP) is 2.28. The number of carbonyl (C=O) groups is 2. The fourth-order valence-corrected chi connectivity index (χ4v) is 1.38. The first-order valence-corrected chi connectivity index (χ1v) is 5.83. The number of hydrogen-bond donors (Lipinski definition) is 2. The Hall–Kier alpha value is -2.56. The highest BCUT2D eigenvalue weighted by molar-refractivity contribution is 6.13. The predicted molar refractivity (Wildman–Crippen MR) is 76.1 cm³/mol. The molecule has 0 bridgehead atoms. The van der Waals surface area contributed by atoms with Gasteiger partial charge in [0.15, 0.2) is 0 Å². The minimum Gasteiger partial charge on any atom is -0.334 e. The lowest BCUT2D eigenvalue weighted by atomic mass is 10.3. The molecule has 19 heavy (non-hydrogen) atoms. The average Bonchev–Trinajstić information content (AvgIpc) is 2.44. The van der Waals surface area contributed by atoms with Gasteiger partial charge < -0.3 is 10.6 Å². The van der Waals surface area contributed by atoms with E-state index in [-0.39, 0.29) is 13.1 Å². The molecule has 0 saturated heterocycles. The number of amides is 4. The SMILES string of the molecule is C=CCNC(=O)N(C(=O)NCC=C)c1ccccc1. The Balaban J connectivity index is 2.90. The number of rotatable bonds is 5. The summed E-state index contributed by atoms with van der Waals surface area (Å²) in [6.45, 7) is 7.60. The van der Waals surface area contributed by atoms with Crippen LogP contribution in [0.2, 0.25) is 0 Å². The summed E-state index contributed by atoms with van der Waals surface area (Å²) in [6.07, 6.45) is 3.09. The zero-order valence-corrected chi connectivity index (χ0v) is 10.6. The zero-order valence-electron chi connectivity index (χ0n) is 10.6. The van der Waals surface area contributed by atoms with Crippen LogP contribution in [0.15, 0.2) is 55.6 Å². The second kappa shape index (κ2) is 7.71. The maximum atomic E-state index is 12.0. The van der Waals surface area contributed by atoms with Crippen molar-refractivity contribution in [2.75, 3.05) is 18.0 Å². The summed E-state index contributed by atoms with van der Waals surface area (Å²) in [5.74, 6) is 0. The number of para-hydroxylation sites is 1. The molecule has 4 amide bonds. The van der Waals surface area contributed by atoms with E-state index >= 15 is 0 Å². The van der Waals surface area contributed by atoms with Gasteiger partial charge in [0.05, 0.1) is 5.69 Å². The molecule has 0 heterocycles. The van der Waals surface area contributed by atoms with Gasteiger partial charge in [0.2, 0.25) is 0 Å². The molecule has 1 aromatic rings. The summed E-state index contributed by atoms with van der Waals surface area (Å²) in [4.78, 5) is 25.0. The van der Waals surface area contributed by atoms with Gasteiger partial charge in [0, 0.05) is 13.1 Å². The monoisotopic (exact) mass is 259 g/mol. The minimum atomic E-state index is -0.507.